The van der Waals surface area contributed by atoms with Crippen LogP contribution >= 0.6 is 0 Å². The molecule has 4 saturated carbocycles. The van der Waals surface area contributed by atoms with Gasteiger partial charge in [0.1, 0.15) is 5.60 Å². The van der Waals surface area contributed by atoms with Crippen LogP contribution in [-0.4, -0.2) is 34.9 Å². The van der Waals surface area contributed by atoms with Crippen molar-refractivity contribution in [3.05, 3.63) is 12.2 Å². The standard InChI is InChI=1S/C16H20O5/c1-9(2)13(18)20-6-12(17)21-15-5-11-3-10-4-14(19,7-15)8-16(10,11)15/h10-11,19H,1,3-8H2,2H3. The van der Waals surface area contributed by atoms with E-state index in [4.69, 9.17) is 9.47 Å². The van der Waals surface area contributed by atoms with Gasteiger partial charge < -0.3 is 14.6 Å². The van der Waals surface area contributed by atoms with Crippen LogP contribution in [-0.2, 0) is 19.1 Å². The van der Waals surface area contributed by atoms with E-state index in [0.717, 1.165) is 25.7 Å². The van der Waals surface area contributed by atoms with Crippen molar-refractivity contribution in [2.45, 2.75) is 50.2 Å². The van der Waals surface area contributed by atoms with E-state index in [0.29, 0.717) is 18.3 Å². The Hall–Kier alpha value is -1.36. The van der Waals surface area contributed by atoms with Gasteiger partial charge in [-0.15, -0.1) is 0 Å². The zero-order chi connectivity index (χ0) is 15.0. The predicted octanol–water partition coefficient (Wildman–Crippen LogP) is 1.34. The molecular formula is C16H20O5. The van der Waals surface area contributed by atoms with Gasteiger partial charge in [0.15, 0.2) is 6.61 Å². The van der Waals surface area contributed by atoms with Crippen LogP contribution in [0.5, 0.6) is 0 Å². The van der Waals surface area contributed by atoms with Gasteiger partial charge in [-0.25, -0.2) is 9.59 Å². The second kappa shape index (κ2) is 3.69. The van der Waals surface area contributed by atoms with Crippen molar-refractivity contribution in [1.29, 1.82) is 0 Å². The number of fused-ring (bicyclic) bond motifs is 1. The molecule has 21 heavy (non-hydrogen) atoms. The van der Waals surface area contributed by atoms with Crippen molar-refractivity contribution in [1.82, 2.24) is 0 Å². The highest BCUT2D eigenvalue weighted by Crippen LogP contribution is 2.84. The number of rotatable bonds is 4. The molecule has 4 aliphatic carbocycles. The molecule has 4 aliphatic rings. The van der Waals surface area contributed by atoms with E-state index in [-0.39, 0.29) is 17.6 Å². The molecule has 0 heterocycles. The summed E-state index contributed by atoms with van der Waals surface area (Å²) in [5.41, 5.74) is -0.864. The van der Waals surface area contributed by atoms with E-state index < -0.39 is 23.1 Å². The number of aliphatic hydroxyl groups is 1. The van der Waals surface area contributed by atoms with E-state index in [1.807, 2.05) is 0 Å². The van der Waals surface area contributed by atoms with Gasteiger partial charge in [0, 0.05) is 17.4 Å². The Kier molecular flexibility index (Phi) is 2.34. The summed E-state index contributed by atoms with van der Waals surface area (Å²) >= 11 is 0. The molecule has 5 heteroatoms. The Bertz CT molecular complexity index is 569. The first-order chi connectivity index (χ1) is 9.80. The van der Waals surface area contributed by atoms with Crippen LogP contribution < -0.4 is 0 Å². The Labute approximate surface area is 123 Å². The molecule has 1 spiro atoms. The number of esters is 2. The van der Waals surface area contributed by atoms with Crippen LogP contribution in [0.25, 0.3) is 0 Å². The zero-order valence-corrected chi connectivity index (χ0v) is 12.2. The Balaban J connectivity index is 1.43. The highest BCUT2D eigenvalue weighted by molar-refractivity contribution is 5.88. The van der Waals surface area contributed by atoms with Crippen LogP contribution in [0.2, 0.25) is 0 Å². The third kappa shape index (κ3) is 1.45. The summed E-state index contributed by atoms with van der Waals surface area (Å²) in [6.07, 6.45) is 4.19. The van der Waals surface area contributed by atoms with Crippen LogP contribution in [0.4, 0.5) is 0 Å². The summed E-state index contributed by atoms with van der Waals surface area (Å²) < 4.78 is 10.6. The monoisotopic (exact) mass is 292 g/mol. The topological polar surface area (TPSA) is 72.8 Å². The van der Waals surface area contributed by atoms with Crippen molar-refractivity contribution >= 4 is 11.9 Å². The second-order valence-corrected chi connectivity index (χ2v) is 7.48. The fourth-order valence-corrected chi connectivity index (χ4v) is 5.76. The largest absolute Gasteiger partial charge is 0.456 e. The van der Waals surface area contributed by atoms with E-state index in [2.05, 4.69) is 6.58 Å². The molecule has 114 valence electrons. The van der Waals surface area contributed by atoms with Crippen molar-refractivity contribution < 1.29 is 24.2 Å². The quantitative estimate of drug-likeness (QED) is 0.625. The molecule has 5 unspecified atom stereocenters. The molecule has 4 rings (SSSR count). The second-order valence-electron chi connectivity index (χ2n) is 7.48. The minimum atomic E-state index is -0.648. The average Bonchev–Trinajstić information content (AvgIpc) is 2.78. The first kappa shape index (κ1) is 13.3. The van der Waals surface area contributed by atoms with Gasteiger partial charge in [0.2, 0.25) is 0 Å². The van der Waals surface area contributed by atoms with E-state index >= 15 is 0 Å². The zero-order valence-electron chi connectivity index (χ0n) is 12.2. The lowest BCUT2D eigenvalue weighted by atomic mass is 9.36. The maximum Gasteiger partial charge on any atom is 0.344 e. The van der Waals surface area contributed by atoms with E-state index in [1.165, 1.54) is 6.92 Å². The Morgan fingerprint density at radius 1 is 1.29 bits per heavy atom. The highest BCUT2D eigenvalue weighted by atomic mass is 16.6. The van der Waals surface area contributed by atoms with Crippen LogP contribution in [0.15, 0.2) is 12.2 Å². The minimum absolute atomic E-state index is 0.0236. The van der Waals surface area contributed by atoms with Crippen LogP contribution in [0.3, 0.4) is 0 Å². The maximum atomic E-state index is 12.0. The lowest BCUT2D eigenvalue weighted by Gasteiger charge is -2.71. The lowest BCUT2D eigenvalue weighted by molar-refractivity contribution is -0.296. The summed E-state index contributed by atoms with van der Waals surface area (Å²) in [5.74, 6) is 0.00646. The van der Waals surface area contributed by atoms with E-state index in [1.54, 1.807) is 0 Å². The summed E-state index contributed by atoms with van der Waals surface area (Å²) in [4.78, 5) is 23.3. The van der Waals surface area contributed by atoms with Gasteiger partial charge in [-0.05, 0) is 44.4 Å². The number of ether oxygens (including phenoxy) is 2. The fraction of sp³-hybridized carbons (Fsp3) is 0.750. The van der Waals surface area contributed by atoms with Gasteiger partial charge in [0.25, 0.3) is 0 Å². The molecule has 5 atom stereocenters. The van der Waals surface area contributed by atoms with Crippen molar-refractivity contribution in [3.8, 4) is 0 Å². The van der Waals surface area contributed by atoms with Gasteiger partial charge in [-0.3, -0.25) is 0 Å². The first-order valence-electron chi connectivity index (χ1n) is 7.57. The molecule has 0 aliphatic heterocycles. The molecule has 0 aromatic carbocycles. The smallest absolute Gasteiger partial charge is 0.344 e. The summed E-state index contributed by atoms with van der Waals surface area (Å²) in [6.45, 7) is 4.62. The third-order valence-electron chi connectivity index (χ3n) is 6.29. The van der Waals surface area contributed by atoms with Crippen molar-refractivity contribution in [3.63, 3.8) is 0 Å². The minimum Gasteiger partial charge on any atom is -0.456 e. The molecule has 4 fully saturated rings. The lowest BCUT2D eigenvalue weighted by Crippen LogP contribution is -2.72. The molecular weight excluding hydrogens is 272 g/mol. The summed E-state index contributed by atoms with van der Waals surface area (Å²) in [7, 11) is 0. The molecule has 1 N–H and O–H groups in total. The van der Waals surface area contributed by atoms with Gasteiger partial charge in [0.05, 0.1) is 5.60 Å². The molecule has 0 radical (unpaired) electrons. The number of carbonyl (C=O) groups excluding carboxylic acids is 2. The molecule has 2 bridgehead atoms. The summed E-state index contributed by atoms with van der Waals surface area (Å²) in [6, 6.07) is 0. The van der Waals surface area contributed by atoms with Gasteiger partial charge >= 0.3 is 11.9 Å². The molecule has 5 nitrogen and oxygen atoms in total. The van der Waals surface area contributed by atoms with Crippen LogP contribution in [0, 0.1) is 17.3 Å². The molecule has 0 aromatic heterocycles. The number of hydrogen-bond donors (Lipinski definition) is 1. The third-order valence-corrected chi connectivity index (χ3v) is 6.29. The Morgan fingerprint density at radius 3 is 2.62 bits per heavy atom. The molecule has 0 aromatic rings. The first-order valence-corrected chi connectivity index (χ1v) is 7.57. The van der Waals surface area contributed by atoms with E-state index in [9.17, 15) is 14.7 Å². The predicted molar refractivity (Wildman–Crippen MR) is 72.0 cm³/mol. The van der Waals surface area contributed by atoms with Crippen molar-refractivity contribution in [2.24, 2.45) is 17.3 Å². The average molecular weight is 292 g/mol. The molecule has 0 amide bonds. The summed E-state index contributed by atoms with van der Waals surface area (Å²) in [5, 5.41) is 10.6. The van der Waals surface area contributed by atoms with Crippen molar-refractivity contribution in [2.75, 3.05) is 6.61 Å². The Morgan fingerprint density at radius 2 is 2.00 bits per heavy atom. The normalized spacial score (nSPS) is 47.9. The number of carbonyl (C=O) groups is 2. The number of hydrogen-bond acceptors (Lipinski definition) is 5. The van der Waals surface area contributed by atoms with Gasteiger partial charge in [-0.2, -0.15) is 0 Å². The SMILES string of the molecule is C=C(C)C(=O)OCC(=O)OC12CC3CC4CC(O)(C1)CC432. The maximum absolute atomic E-state index is 12.0. The van der Waals surface area contributed by atoms with Crippen LogP contribution in [0.1, 0.15) is 39.0 Å². The highest BCUT2D eigenvalue weighted by Gasteiger charge is 2.86. The molecule has 0 saturated heterocycles. The fourth-order valence-electron chi connectivity index (χ4n) is 5.76. The van der Waals surface area contributed by atoms with Gasteiger partial charge in [-0.1, -0.05) is 6.58 Å².